The highest BCUT2D eigenvalue weighted by Crippen LogP contribution is 2.45. The van der Waals surface area contributed by atoms with Crippen LogP contribution in [-0.2, 0) is 13.5 Å². The van der Waals surface area contributed by atoms with Crippen LogP contribution in [0, 0.1) is 21.8 Å². The van der Waals surface area contributed by atoms with Crippen LogP contribution >= 0.6 is 0 Å². The summed E-state index contributed by atoms with van der Waals surface area (Å²) >= 11 is 0. The van der Waals surface area contributed by atoms with Crippen molar-refractivity contribution in [3.05, 3.63) is 81.3 Å². The molecule has 5 heteroatoms. The number of fused-ring (bicyclic) bond motifs is 3. The summed E-state index contributed by atoms with van der Waals surface area (Å²) in [6.07, 6.45) is 0.670. The second-order valence-corrected chi connectivity index (χ2v) is 6.92. The number of halogens is 1. The lowest BCUT2D eigenvalue weighted by atomic mass is 9.72. The second-order valence-electron chi connectivity index (χ2n) is 6.92. The minimum absolute atomic E-state index is 0.0967. The molecule has 0 amide bonds. The molecule has 1 aromatic heterocycles. The highest BCUT2D eigenvalue weighted by molar-refractivity contribution is 5.87. The average Bonchev–Trinajstić information content (AvgIpc) is 2.87. The van der Waals surface area contributed by atoms with Crippen LogP contribution in [0.25, 0.3) is 10.9 Å². The lowest BCUT2D eigenvalue weighted by Crippen LogP contribution is -2.39. The second kappa shape index (κ2) is 5.69. The number of benzene rings is 2. The molecule has 0 radical (unpaired) electrons. The molecule has 0 spiro atoms. The van der Waals surface area contributed by atoms with Gasteiger partial charge < -0.3 is 4.57 Å². The number of hydrogen-bond acceptors (Lipinski definition) is 2. The van der Waals surface area contributed by atoms with Crippen molar-refractivity contribution in [1.82, 2.24) is 4.57 Å². The smallest absolute Gasteiger partial charge is 0.226 e. The first-order valence-electron chi connectivity index (χ1n) is 8.44. The molecule has 25 heavy (non-hydrogen) atoms. The molecule has 0 aliphatic heterocycles. The number of nitrogens with zero attached hydrogens (tertiary/aromatic N) is 2. The molecule has 0 N–H and O–H groups in total. The van der Waals surface area contributed by atoms with Crippen molar-refractivity contribution >= 4 is 10.9 Å². The lowest BCUT2D eigenvalue weighted by Gasteiger charge is -2.32. The predicted molar refractivity (Wildman–Crippen MR) is 94.8 cm³/mol. The van der Waals surface area contributed by atoms with Gasteiger partial charge in [-0.2, -0.15) is 0 Å². The molecule has 3 aromatic rings. The Morgan fingerprint density at radius 1 is 1.16 bits per heavy atom. The van der Waals surface area contributed by atoms with Gasteiger partial charge in [0.2, 0.25) is 6.04 Å². The summed E-state index contributed by atoms with van der Waals surface area (Å²) in [7, 11) is 2.02. The Labute approximate surface area is 145 Å². The van der Waals surface area contributed by atoms with Gasteiger partial charge in [-0.15, -0.1) is 0 Å². The van der Waals surface area contributed by atoms with Crippen LogP contribution in [0.3, 0.4) is 0 Å². The van der Waals surface area contributed by atoms with E-state index >= 15 is 0 Å². The molecule has 0 saturated carbocycles. The van der Waals surface area contributed by atoms with Crippen LogP contribution in [0.1, 0.15) is 29.7 Å². The fraction of sp³-hybridized carbons (Fsp3) is 0.300. The highest BCUT2D eigenvalue weighted by atomic mass is 19.1. The van der Waals surface area contributed by atoms with Crippen molar-refractivity contribution in [2.45, 2.75) is 25.3 Å². The molecule has 1 aliphatic rings. The number of aryl methyl sites for hydroxylation is 1. The molecule has 0 fully saturated rings. The Kier molecular flexibility index (Phi) is 3.60. The fourth-order valence-corrected chi connectivity index (χ4v) is 4.36. The Hall–Kier alpha value is -2.69. The van der Waals surface area contributed by atoms with Crippen molar-refractivity contribution in [3.63, 3.8) is 0 Å². The summed E-state index contributed by atoms with van der Waals surface area (Å²) in [5, 5.41) is 12.9. The first-order valence-corrected chi connectivity index (χ1v) is 8.44. The maximum Gasteiger partial charge on any atom is 0.226 e. The number of rotatable bonds is 2. The van der Waals surface area contributed by atoms with Crippen molar-refractivity contribution in [3.8, 4) is 0 Å². The van der Waals surface area contributed by atoms with E-state index in [0.717, 1.165) is 27.7 Å². The van der Waals surface area contributed by atoms with E-state index in [4.69, 9.17) is 0 Å². The van der Waals surface area contributed by atoms with Gasteiger partial charge in [0.1, 0.15) is 5.82 Å². The van der Waals surface area contributed by atoms with Crippen LogP contribution in [0.2, 0.25) is 0 Å². The SMILES string of the molecule is C[C@H]1Cc2c(c3ccccc3n2C)[C@@H](c2ccc(F)cc2)[C@@H]1[N+](=O)[O-]. The van der Waals surface area contributed by atoms with Crippen LogP contribution in [0.15, 0.2) is 48.5 Å². The van der Waals surface area contributed by atoms with Crippen molar-refractivity contribution in [2.75, 3.05) is 0 Å². The van der Waals surface area contributed by atoms with E-state index in [9.17, 15) is 14.5 Å². The summed E-state index contributed by atoms with van der Waals surface area (Å²) in [5.74, 6) is -0.801. The van der Waals surface area contributed by atoms with Gasteiger partial charge in [0.15, 0.2) is 0 Å². The molecular formula is C20H19FN2O2. The van der Waals surface area contributed by atoms with Crippen LogP contribution in [0.4, 0.5) is 4.39 Å². The van der Waals surface area contributed by atoms with Gasteiger partial charge in [0, 0.05) is 34.5 Å². The van der Waals surface area contributed by atoms with Gasteiger partial charge in [0.25, 0.3) is 0 Å². The molecule has 128 valence electrons. The summed E-state index contributed by atoms with van der Waals surface area (Å²) < 4.78 is 15.5. The third-order valence-electron chi connectivity index (χ3n) is 5.49. The monoisotopic (exact) mass is 338 g/mol. The Morgan fingerprint density at radius 2 is 1.84 bits per heavy atom. The Balaban J connectivity index is 2.03. The minimum atomic E-state index is -0.719. The molecule has 1 heterocycles. The molecule has 4 nitrogen and oxygen atoms in total. The summed E-state index contributed by atoms with van der Waals surface area (Å²) in [5.41, 5.74) is 4.04. The van der Waals surface area contributed by atoms with Gasteiger partial charge in [0.05, 0.1) is 5.92 Å². The minimum Gasteiger partial charge on any atom is -0.347 e. The average molecular weight is 338 g/mol. The summed E-state index contributed by atoms with van der Waals surface area (Å²) in [6, 6.07) is 13.4. The van der Waals surface area contributed by atoms with Gasteiger partial charge in [-0.05, 0) is 35.7 Å². The summed E-state index contributed by atoms with van der Waals surface area (Å²) in [4.78, 5) is 11.7. The summed E-state index contributed by atoms with van der Waals surface area (Å²) in [6.45, 7) is 1.94. The molecule has 0 saturated heterocycles. The molecule has 1 aliphatic carbocycles. The van der Waals surface area contributed by atoms with E-state index < -0.39 is 6.04 Å². The van der Waals surface area contributed by atoms with Gasteiger partial charge in [-0.1, -0.05) is 37.3 Å². The van der Waals surface area contributed by atoms with Crippen molar-refractivity contribution in [1.29, 1.82) is 0 Å². The normalized spacial score (nSPS) is 22.8. The number of hydrogen-bond donors (Lipinski definition) is 0. The maximum absolute atomic E-state index is 13.4. The molecule has 3 atom stereocenters. The zero-order valence-corrected chi connectivity index (χ0v) is 14.1. The molecule has 2 aromatic carbocycles. The predicted octanol–water partition coefficient (Wildman–Crippen LogP) is 4.29. The van der Waals surface area contributed by atoms with E-state index in [2.05, 4.69) is 4.57 Å². The third kappa shape index (κ3) is 2.34. The highest BCUT2D eigenvalue weighted by Gasteiger charge is 2.45. The van der Waals surface area contributed by atoms with Crippen LogP contribution < -0.4 is 0 Å². The lowest BCUT2D eigenvalue weighted by molar-refractivity contribution is -0.535. The van der Waals surface area contributed by atoms with Gasteiger partial charge in [-0.3, -0.25) is 10.1 Å². The molecule has 0 bridgehead atoms. The maximum atomic E-state index is 13.4. The number of para-hydroxylation sites is 1. The third-order valence-corrected chi connectivity index (χ3v) is 5.49. The zero-order valence-electron chi connectivity index (χ0n) is 14.1. The number of aromatic nitrogens is 1. The molecule has 0 unspecified atom stereocenters. The van der Waals surface area contributed by atoms with Crippen LogP contribution in [-0.4, -0.2) is 15.5 Å². The zero-order chi connectivity index (χ0) is 17.7. The first kappa shape index (κ1) is 15.8. The van der Waals surface area contributed by atoms with E-state index in [-0.39, 0.29) is 22.6 Å². The van der Waals surface area contributed by atoms with Crippen molar-refractivity contribution < 1.29 is 9.31 Å². The van der Waals surface area contributed by atoms with Crippen LogP contribution in [0.5, 0.6) is 0 Å². The largest absolute Gasteiger partial charge is 0.347 e. The van der Waals surface area contributed by atoms with E-state index in [0.29, 0.717) is 6.42 Å². The Morgan fingerprint density at radius 3 is 2.52 bits per heavy atom. The topological polar surface area (TPSA) is 48.1 Å². The quantitative estimate of drug-likeness (QED) is 0.517. The molecular weight excluding hydrogens is 319 g/mol. The van der Waals surface area contributed by atoms with E-state index in [1.54, 1.807) is 12.1 Å². The fourth-order valence-electron chi connectivity index (χ4n) is 4.36. The van der Waals surface area contributed by atoms with E-state index in [1.165, 1.54) is 12.1 Å². The Bertz CT molecular complexity index is 962. The van der Waals surface area contributed by atoms with Gasteiger partial charge in [-0.25, -0.2) is 4.39 Å². The van der Waals surface area contributed by atoms with Gasteiger partial charge >= 0.3 is 0 Å². The first-order chi connectivity index (χ1) is 12.0. The molecule has 4 rings (SSSR count). The standard InChI is InChI=1S/C20H19FN2O2/c1-12-11-17-19(15-5-3-4-6-16(15)22(17)2)18(20(12)23(24)25)13-7-9-14(21)10-8-13/h3-10,12,18,20H,11H2,1-2H3/t12-,18+,20+/m0/s1. The number of nitro groups is 1. The van der Waals surface area contributed by atoms with E-state index in [1.807, 2.05) is 38.2 Å². The van der Waals surface area contributed by atoms with Crippen molar-refractivity contribution in [2.24, 2.45) is 13.0 Å².